The van der Waals surface area contributed by atoms with Crippen LogP contribution in [0.2, 0.25) is 0 Å². The number of nitrogens with one attached hydrogen (secondary N) is 1. The summed E-state index contributed by atoms with van der Waals surface area (Å²) in [6.07, 6.45) is 0. The monoisotopic (exact) mass is 313 g/mol. The average Bonchev–Trinajstić information content (AvgIpc) is 2.55. The SMILES string of the molecule is COc1ccc(C(=O)NCCOc2cc(C)c(C)cc2C)cc1. The third kappa shape index (κ3) is 4.49. The molecule has 2 aromatic rings. The van der Waals surface area contributed by atoms with Crippen molar-refractivity contribution in [3.05, 3.63) is 58.7 Å². The highest BCUT2D eigenvalue weighted by molar-refractivity contribution is 5.94. The van der Waals surface area contributed by atoms with Crippen molar-refractivity contribution in [2.45, 2.75) is 20.8 Å². The summed E-state index contributed by atoms with van der Waals surface area (Å²) >= 11 is 0. The average molecular weight is 313 g/mol. The van der Waals surface area contributed by atoms with Crippen LogP contribution in [0.25, 0.3) is 0 Å². The van der Waals surface area contributed by atoms with E-state index >= 15 is 0 Å². The van der Waals surface area contributed by atoms with Gasteiger partial charge in [-0.05, 0) is 67.8 Å². The smallest absolute Gasteiger partial charge is 0.251 e. The van der Waals surface area contributed by atoms with Gasteiger partial charge in [-0.25, -0.2) is 0 Å². The number of hydrogen-bond acceptors (Lipinski definition) is 3. The maximum Gasteiger partial charge on any atom is 0.251 e. The minimum absolute atomic E-state index is 0.118. The molecule has 0 bridgehead atoms. The van der Waals surface area contributed by atoms with E-state index in [1.54, 1.807) is 31.4 Å². The van der Waals surface area contributed by atoms with E-state index in [9.17, 15) is 4.79 Å². The van der Waals surface area contributed by atoms with E-state index < -0.39 is 0 Å². The molecule has 0 aliphatic carbocycles. The molecule has 0 aromatic heterocycles. The second-order valence-corrected chi connectivity index (χ2v) is 5.53. The summed E-state index contributed by atoms with van der Waals surface area (Å²) in [5.41, 5.74) is 4.17. The van der Waals surface area contributed by atoms with Crippen molar-refractivity contribution in [3.8, 4) is 11.5 Å². The number of methoxy groups -OCH3 is 1. The van der Waals surface area contributed by atoms with E-state index in [2.05, 4.69) is 25.2 Å². The van der Waals surface area contributed by atoms with E-state index in [0.29, 0.717) is 18.7 Å². The lowest BCUT2D eigenvalue weighted by molar-refractivity contribution is 0.0947. The maximum absolute atomic E-state index is 12.0. The van der Waals surface area contributed by atoms with Gasteiger partial charge >= 0.3 is 0 Å². The minimum atomic E-state index is -0.118. The van der Waals surface area contributed by atoms with Gasteiger partial charge in [-0.15, -0.1) is 0 Å². The zero-order valence-corrected chi connectivity index (χ0v) is 14.1. The van der Waals surface area contributed by atoms with E-state index in [0.717, 1.165) is 17.1 Å². The normalized spacial score (nSPS) is 10.3. The van der Waals surface area contributed by atoms with Gasteiger partial charge in [-0.2, -0.15) is 0 Å². The topological polar surface area (TPSA) is 47.6 Å². The molecule has 0 heterocycles. The summed E-state index contributed by atoms with van der Waals surface area (Å²) in [7, 11) is 1.60. The van der Waals surface area contributed by atoms with Crippen LogP contribution in [0.4, 0.5) is 0 Å². The largest absolute Gasteiger partial charge is 0.497 e. The first-order chi connectivity index (χ1) is 11.0. The van der Waals surface area contributed by atoms with Crippen molar-refractivity contribution in [3.63, 3.8) is 0 Å². The molecule has 1 amide bonds. The van der Waals surface area contributed by atoms with Gasteiger partial charge in [-0.3, -0.25) is 4.79 Å². The van der Waals surface area contributed by atoms with Gasteiger partial charge in [0, 0.05) is 5.56 Å². The van der Waals surface area contributed by atoms with Crippen LogP contribution in [0.3, 0.4) is 0 Å². The van der Waals surface area contributed by atoms with E-state index in [4.69, 9.17) is 9.47 Å². The van der Waals surface area contributed by atoms with Crippen molar-refractivity contribution in [1.29, 1.82) is 0 Å². The van der Waals surface area contributed by atoms with Gasteiger partial charge in [0.15, 0.2) is 0 Å². The summed E-state index contributed by atoms with van der Waals surface area (Å²) in [5, 5.41) is 2.85. The van der Waals surface area contributed by atoms with Crippen LogP contribution in [-0.2, 0) is 0 Å². The van der Waals surface area contributed by atoms with Crippen LogP contribution in [0.1, 0.15) is 27.0 Å². The van der Waals surface area contributed by atoms with Crippen LogP contribution in [0.5, 0.6) is 11.5 Å². The Labute approximate surface area is 137 Å². The van der Waals surface area contributed by atoms with Crippen molar-refractivity contribution < 1.29 is 14.3 Å². The first-order valence-corrected chi connectivity index (χ1v) is 7.64. The molecule has 0 spiro atoms. The van der Waals surface area contributed by atoms with Crippen molar-refractivity contribution >= 4 is 5.91 Å². The first kappa shape index (κ1) is 16.9. The fourth-order valence-electron chi connectivity index (χ4n) is 2.26. The van der Waals surface area contributed by atoms with E-state index in [1.165, 1.54) is 11.1 Å². The van der Waals surface area contributed by atoms with Crippen LogP contribution >= 0.6 is 0 Å². The Balaban J connectivity index is 1.83. The lowest BCUT2D eigenvalue weighted by Gasteiger charge is -2.12. The maximum atomic E-state index is 12.0. The molecular weight excluding hydrogens is 290 g/mol. The predicted octanol–water partition coefficient (Wildman–Crippen LogP) is 3.43. The molecule has 4 heteroatoms. The van der Waals surface area contributed by atoms with Gasteiger partial charge in [0.25, 0.3) is 5.91 Å². The number of aryl methyl sites for hydroxylation is 3. The minimum Gasteiger partial charge on any atom is -0.497 e. The van der Waals surface area contributed by atoms with Crippen LogP contribution < -0.4 is 14.8 Å². The third-order valence-corrected chi connectivity index (χ3v) is 3.79. The molecule has 4 nitrogen and oxygen atoms in total. The Morgan fingerprint density at radius 1 is 1.00 bits per heavy atom. The summed E-state index contributed by atoms with van der Waals surface area (Å²) in [5.74, 6) is 1.48. The number of carbonyl (C=O) groups is 1. The molecular formula is C19H23NO3. The Kier molecular flexibility index (Phi) is 5.63. The highest BCUT2D eigenvalue weighted by Gasteiger charge is 2.06. The second-order valence-electron chi connectivity index (χ2n) is 5.53. The molecule has 122 valence electrons. The number of ether oxygens (including phenoxy) is 2. The fourth-order valence-corrected chi connectivity index (χ4v) is 2.26. The molecule has 2 rings (SSSR count). The third-order valence-electron chi connectivity index (χ3n) is 3.79. The van der Waals surface area contributed by atoms with E-state index in [-0.39, 0.29) is 5.91 Å². The van der Waals surface area contributed by atoms with Gasteiger partial charge in [-0.1, -0.05) is 6.07 Å². The molecule has 0 unspecified atom stereocenters. The molecule has 2 aromatic carbocycles. The Bertz CT molecular complexity index is 678. The standard InChI is InChI=1S/C19H23NO3/c1-13-11-15(3)18(12-14(13)2)23-10-9-20-19(21)16-5-7-17(22-4)8-6-16/h5-8,11-12H,9-10H2,1-4H3,(H,20,21). The molecule has 0 aliphatic rings. The fraction of sp³-hybridized carbons (Fsp3) is 0.316. The number of hydrogen-bond donors (Lipinski definition) is 1. The number of benzene rings is 2. The molecule has 0 saturated carbocycles. The Morgan fingerprint density at radius 3 is 2.30 bits per heavy atom. The number of amides is 1. The zero-order valence-electron chi connectivity index (χ0n) is 14.1. The molecule has 0 atom stereocenters. The summed E-state index contributed by atoms with van der Waals surface area (Å²) in [6.45, 7) is 7.06. The van der Waals surface area contributed by atoms with Crippen molar-refractivity contribution in [1.82, 2.24) is 5.32 Å². The summed E-state index contributed by atoms with van der Waals surface area (Å²) < 4.78 is 10.8. The highest BCUT2D eigenvalue weighted by atomic mass is 16.5. The molecule has 0 radical (unpaired) electrons. The summed E-state index contributed by atoms with van der Waals surface area (Å²) in [4.78, 5) is 12.0. The zero-order chi connectivity index (χ0) is 16.8. The van der Waals surface area contributed by atoms with E-state index in [1.807, 2.05) is 13.0 Å². The Morgan fingerprint density at radius 2 is 1.65 bits per heavy atom. The molecule has 1 N–H and O–H groups in total. The lowest BCUT2D eigenvalue weighted by Crippen LogP contribution is -2.28. The van der Waals surface area contributed by atoms with Gasteiger partial charge in [0.05, 0.1) is 13.7 Å². The summed E-state index contributed by atoms with van der Waals surface area (Å²) in [6, 6.07) is 11.2. The number of rotatable bonds is 6. The van der Waals surface area contributed by atoms with Crippen molar-refractivity contribution in [2.24, 2.45) is 0 Å². The first-order valence-electron chi connectivity index (χ1n) is 7.64. The van der Waals surface area contributed by atoms with Crippen LogP contribution in [-0.4, -0.2) is 26.2 Å². The van der Waals surface area contributed by atoms with Crippen LogP contribution in [0.15, 0.2) is 36.4 Å². The van der Waals surface area contributed by atoms with Crippen LogP contribution in [0, 0.1) is 20.8 Å². The Hall–Kier alpha value is -2.49. The second kappa shape index (κ2) is 7.68. The molecule has 0 aliphatic heterocycles. The highest BCUT2D eigenvalue weighted by Crippen LogP contribution is 2.22. The quantitative estimate of drug-likeness (QED) is 0.831. The molecule has 0 fully saturated rings. The lowest BCUT2D eigenvalue weighted by atomic mass is 10.1. The van der Waals surface area contributed by atoms with Crippen molar-refractivity contribution in [2.75, 3.05) is 20.3 Å². The van der Waals surface area contributed by atoms with Gasteiger partial charge in [0.1, 0.15) is 18.1 Å². The molecule has 0 saturated heterocycles. The van der Waals surface area contributed by atoms with Gasteiger partial charge < -0.3 is 14.8 Å². The molecule has 23 heavy (non-hydrogen) atoms. The number of carbonyl (C=O) groups excluding carboxylic acids is 1. The van der Waals surface area contributed by atoms with Gasteiger partial charge in [0.2, 0.25) is 0 Å². The predicted molar refractivity (Wildman–Crippen MR) is 91.5 cm³/mol.